The molecule has 0 saturated heterocycles. The van der Waals surface area contributed by atoms with Crippen LogP contribution in [-0.2, 0) is 11.3 Å². The Labute approximate surface area is 167 Å². The summed E-state index contributed by atoms with van der Waals surface area (Å²) in [5.41, 5.74) is 0.911. The molecule has 1 aromatic heterocycles. The molecule has 0 saturated carbocycles. The van der Waals surface area contributed by atoms with E-state index in [4.69, 9.17) is 9.15 Å². The van der Waals surface area contributed by atoms with Crippen LogP contribution in [0.2, 0.25) is 0 Å². The summed E-state index contributed by atoms with van der Waals surface area (Å²) in [6.07, 6.45) is 1.23. The molecule has 1 unspecified atom stereocenters. The third kappa shape index (κ3) is 6.86. The van der Waals surface area contributed by atoms with Gasteiger partial charge in [0, 0.05) is 25.6 Å². The van der Waals surface area contributed by atoms with Crippen LogP contribution in [-0.4, -0.2) is 32.3 Å². The standard InChI is InChI=1S/C19H29N3O2.HI/c1-5-23-17(14(2)3)10-11-21-19(20-4)22-13-16-12-15-8-6-7-9-18(15)24-16;/h6-9,12,14,17H,5,10-11,13H2,1-4H3,(H2,20,21,22);1H. The number of furan rings is 1. The first kappa shape index (κ1) is 21.8. The molecule has 2 rings (SSSR count). The molecule has 25 heavy (non-hydrogen) atoms. The van der Waals surface area contributed by atoms with Crippen molar-refractivity contribution >= 4 is 40.9 Å². The molecule has 0 aliphatic rings. The minimum atomic E-state index is 0. The Morgan fingerprint density at radius 1 is 1.24 bits per heavy atom. The van der Waals surface area contributed by atoms with Gasteiger partial charge in [0.05, 0.1) is 12.6 Å². The molecule has 5 nitrogen and oxygen atoms in total. The average molecular weight is 459 g/mol. The molecule has 1 heterocycles. The molecular formula is C19H30IN3O2. The molecule has 1 aromatic carbocycles. The van der Waals surface area contributed by atoms with E-state index in [1.54, 1.807) is 7.05 Å². The number of para-hydroxylation sites is 1. The Balaban J connectivity index is 0.00000312. The second kappa shape index (κ2) is 11.4. The maximum Gasteiger partial charge on any atom is 0.191 e. The van der Waals surface area contributed by atoms with Crippen LogP contribution in [0.25, 0.3) is 11.0 Å². The third-order valence-electron chi connectivity index (χ3n) is 3.98. The minimum Gasteiger partial charge on any atom is -0.459 e. The van der Waals surface area contributed by atoms with Crippen LogP contribution < -0.4 is 10.6 Å². The van der Waals surface area contributed by atoms with Crippen molar-refractivity contribution in [2.75, 3.05) is 20.2 Å². The van der Waals surface area contributed by atoms with Crippen molar-refractivity contribution in [2.24, 2.45) is 10.9 Å². The normalized spacial score (nSPS) is 12.9. The fourth-order valence-electron chi connectivity index (χ4n) is 2.67. The van der Waals surface area contributed by atoms with Gasteiger partial charge in [-0.1, -0.05) is 32.0 Å². The number of guanidine groups is 1. The summed E-state index contributed by atoms with van der Waals surface area (Å²) >= 11 is 0. The van der Waals surface area contributed by atoms with E-state index in [2.05, 4.69) is 41.6 Å². The first-order chi connectivity index (χ1) is 11.6. The topological polar surface area (TPSA) is 58.8 Å². The number of nitrogens with one attached hydrogen (secondary N) is 2. The highest BCUT2D eigenvalue weighted by atomic mass is 127. The van der Waals surface area contributed by atoms with E-state index >= 15 is 0 Å². The van der Waals surface area contributed by atoms with E-state index in [1.165, 1.54) is 0 Å². The number of fused-ring (bicyclic) bond motifs is 1. The van der Waals surface area contributed by atoms with Crippen molar-refractivity contribution < 1.29 is 9.15 Å². The number of hydrogen-bond donors (Lipinski definition) is 2. The molecule has 0 aliphatic heterocycles. The molecule has 0 fully saturated rings. The van der Waals surface area contributed by atoms with E-state index in [1.807, 2.05) is 25.1 Å². The van der Waals surface area contributed by atoms with Gasteiger partial charge in [-0.15, -0.1) is 24.0 Å². The summed E-state index contributed by atoms with van der Waals surface area (Å²) in [7, 11) is 1.77. The second-order valence-electron chi connectivity index (χ2n) is 6.13. The zero-order valence-corrected chi connectivity index (χ0v) is 17.9. The van der Waals surface area contributed by atoms with Crippen LogP contribution in [0, 0.1) is 5.92 Å². The third-order valence-corrected chi connectivity index (χ3v) is 3.98. The van der Waals surface area contributed by atoms with Crippen LogP contribution in [0.3, 0.4) is 0 Å². The fraction of sp³-hybridized carbons (Fsp3) is 0.526. The predicted octanol–water partition coefficient (Wildman–Crippen LogP) is 4.17. The van der Waals surface area contributed by atoms with Crippen molar-refractivity contribution in [3.63, 3.8) is 0 Å². The number of rotatable bonds is 8. The molecule has 2 N–H and O–H groups in total. The summed E-state index contributed by atoms with van der Waals surface area (Å²) in [6.45, 7) is 8.60. The number of halogens is 1. The Kier molecular flexibility index (Phi) is 9.89. The first-order valence-corrected chi connectivity index (χ1v) is 8.67. The van der Waals surface area contributed by atoms with Crippen LogP contribution in [0.4, 0.5) is 0 Å². The van der Waals surface area contributed by atoms with Gasteiger partial charge in [-0.25, -0.2) is 0 Å². The van der Waals surface area contributed by atoms with Gasteiger partial charge >= 0.3 is 0 Å². The van der Waals surface area contributed by atoms with Gasteiger partial charge in [-0.05, 0) is 31.4 Å². The molecule has 2 aromatic rings. The van der Waals surface area contributed by atoms with Crippen molar-refractivity contribution in [1.29, 1.82) is 0 Å². The van der Waals surface area contributed by atoms with Gasteiger partial charge in [-0.3, -0.25) is 4.99 Å². The molecule has 0 bridgehead atoms. The predicted molar refractivity (Wildman–Crippen MR) is 115 cm³/mol. The highest BCUT2D eigenvalue weighted by molar-refractivity contribution is 14.0. The van der Waals surface area contributed by atoms with E-state index in [0.717, 1.165) is 42.3 Å². The number of nitrogens with zero attached hydrogens (tertiary/aromatic N) is 1. The Morgan fingerprint density at radius 3 is 2.64 bits per heavy atom. The Morgan fingerprint density at radius 2 is 2.00 bits per heavy atom. The molecule has 1 atom stereocenters. The van der Waals surface area contributed by atoms with E-state index in [0.29, 0.717) is 12.5 Å². The minimum absolute atomic E-state index is 0. The monoisotopic (exact) mass is 459 g/mol. The summed E-state index contributed by atoms with van der Waals surface area (Å²) in [5, 5.41) is 7.74. The fourth-order valence-corrected chi connectivity index (χ4v) is 2.67. The van der Waals surface area contributed by atoms with Gasteiger partial charge in [0.2, 0.25) is 0 Å². The van der Waals surface area contributed by atoms with Gasteiger partial charge in [0.15, 0.2) is 5.96 Å². The lowest BCUT2D eigenvalue weighted by Gasteiger charge is -2.21. The largest absolute Gasteiger partial charge is 0.459 e. The van der Waals surface area contributed by atoms with E-state index < -0.39 is 0 Å². The molecular weight excluding hydrogens is 429 g/mol. The molecule has 0 spiro atoms. The van der Waals surface area contributed by atoms with Gasteiger partial charge in [-0.2, -0.15) is 0 Å². The summed E-state index contributed by atoms with van der Waals surface area (Å²) in [6, 6.07) is 10.1. The van der Waals surface area contributed by atoms with Gasteiger partial charge < -0.3 is 19.8 Å². The maximum absolute atomic E-state index is 5.80. The van der Waals surface area contributed by atoms with Crippen molar-refractivity contribution in [2.45, 2.75) is 39.8 Å². The quantitative estimate of drug-likeness (QED) is 0.354. The maximum atomic E-state index is 5.80. The average Bonchev–Trinajstić information content (AvgIpc) is 2.99. The zero-order valence-electron chi connectivity index (χ0n) is 15.5. The number of benzene rings is 1. The number of ether oxygens (including phenoxy) is 1. The zero-order chi connectivity index (χ0) is 17.4. The Bertz CT molecular complexity index is 622. The van der Waals surface area contributed by atoms with Crippen molar-refractivity contribution in [3.05, 3.63) is 36.1 Å². The molecule has 0 amide bonds. The SMILES string of the molecule is CCOC(CCNC(=NC)NCc1cc2ccccc2o1)C(C)C.I. The first-order valence-electron chi connectivity index (χ1n) is 8.67. The molecule has 0 aliphatic carbocycles. The van der Waals surface area contributed by atoms with Crippen molar-refractivity contribution in [3.8, 4) is 0 Å². The van der Waals surface area contributed by atoms with Crippen LogP contribution >= 0.6 is 24.0 Å². The van der Waals surface area contributed by atoms with Crippen LogP contribution in [0.15, 0.2) is 39.7 Å². The summed E-state index contributed by atoms with van der Waals surface area (Å²) < 4.78 is 11.6. The highest BCUT2D eigenvalue weighted by Crippen LogP contribution is 2.18. The van der Waals surface area contributed by atoms with Gasteiger partial charge in [0.1, 0.15) is 11.3 Å². The summed E-state index contributed by atoms with van der Waals surface area (Å²) in [4.78, 5) is 4.26. The lowest BCUT2D eigenvalue weighted by Crippen LogP contribution is -2.38. The molecule has 140 valence electrons. The lowest BCUT2D eigenvalue weighted by atomic mass is 10.0. The highest BCUT2D eigenvalue weighted by Gasteiger charge is 2.13. The lowest BCUT2D eigenvalue weighted by molar-refractivity contribution is 0.0258. The smallest absolute Gasteiger partial charge is 0.191 e. The second-order valence-corrected chi connectivity index (χ2v) is 6.13. The molecule has 0 radical (unpaired) electrons. The van der Waals surface area contributed by atoms with Crippen LogP contribution in [0.1, 0.15) is 33.0 Å². The number of hydrogen-bond acceptors (Lipinski definition) is 3. The van der Waals surface area contributed by atoms with E-state index in [9.17, 15) is 0 Å². The van der Waals surface area contributed by atoms with E-state index in [-0.39, 0.29) is 30.1 Å². The van der Waals surface area contributed by atoms with Crippen LogP contribution in [0.5, 0.6) is 0 Å². The summed E-state index contributed by atoms with van der Waals surface area (Å²) in [5.74, 6) is 2.18. The Hall–Kier alpha value is -1.28. The number of aliphatic imine (C=N–C) groups is 1. The van der Waals surface area contributed by atoms with Gasteiger partial charge in [0.25, 0.3) is 0 Å². The van der Waals surface area contributed by atoms with Crippen molar-refractivity contribution in [1.82, 2.24) is 10.6 Å². The molecule has 6 heteroatoms.